The second kappa shape index (κ2) is 15.3. The van der Waals surface area contributed by atoms with E-state index in [1.54, 1.807) is 0 Å². The van der Waals surface area contributed by atoms with Crippen LogP contribution in [-0.2, 0) is 4.79 Å². The van der Waals surface area contributed by atoms with Gasteiger partial charge in [0.2, 0.25) is 0 Å². The molecule has 1 atom stereocenters. The molecule has 0 fully saturated rings. The number of Topliss-reactive ketones (excluding diaryl/α,β-unsaturated/α-hetero) is 1. The zero-order chi connectivity index (χ0) is 19.0. The molecule has 0 aliphatic rings. The molecule has 26 heavy (non-hydrogen) atoms. The molecule has 1 aromatic carbocycles. The summed E-state index contributed by atoms with van der Waals surface area (Å²) < 4.78 is 0. The fourth-order valence-corrected chi connectivity index (χ4v) is 3.62. The number of unbranched alkanes of at least 4 members (excludes halogenated alkanes) is 12. The largest absolute Gasteiger partial charge is 0.298 e. The Hall–Kier alpha value is -0.820. The fourth-order valence-electron chi connectivity index (χ4n) is 3.37. The van der Waals surface area contributed by atoms with Gasteiger partial charge in [-0.15, -0.1) is 11.6 Å². The Balaban J connectivity index is 1.94. The second-order valence-corrected chi connectivity index (χ2v) is 8.17. The number of carbonyl (C=O) groups excluding carboxylic acids is 1. The van der Waals surface area contributed by atoms with E-state index in [0.717, 1.165) is 18.4 Å². The van der Waals surface area contributed by atoms with Crippen LogP contribution in [0.4, 0.5) is 0 Å². The van der Waals surface area contributed by atoms with Gasteiger partial charge >= 0.3 is 0 Å². The first-order valence-corrected chi connectivity index (χ1v) is 11.3. The van der Waals surface area contributed by atoms with Crippen molar-refractivity contribution in [1.29, 1.82) is 0 Å². The third-order valence-electron chi connectivity index (χ3n) is 5.18. The topological polar surface area (TPSA) is 17.1 Å². The van der Waals surface area contributed by atoms with Crippen molar-refractivity contribution in [3.05, 3.63) is 35.4 Å². The number of alkyl halides is 1. The van der Waals surface area contributed by atoms with Crippen molar-refractivity contribution in [3.63, 3.8) is 0 Å². The summed E-state index contributed by atoms with van der Waals surface area (Å²) in [6.45, 7) is 4.32. The number of rotatable bonds is 16. The summed E-state index contributed by atoms with van der Waals surface area (Å²) in [4.78, 5) is 12.2. The van der Waals surface area contributed by atoms with Crippen LogP contribution in [0.25, 0.3) is 0 Å². The standard InChI is InChI=1S/C24H39ClO/c1-3-4-5-6-7-8-9-10-11-12-13-14-15-16-23(26)24(25)22-19-17-21(2)18-20-22/h17-20,24H,3-16H2,1-2H3. The van der Waals surface area contributed by atoms with Gasteiger partial charge in [0, 0.05) is 6.42 Å². The van der Waals surface area contributed by atoms with Gasteiger partial charge in [0.1, 0.15) is 5.38 Å². The number of hydrogen-bond acceptors (Lipinski definition) is 1. The maximum Gasteiger partial charge on any atom is 0.155 e. The maximum absolute atomic E-state index is 12.2. The molecule has 1 aromatic rings. The number of halogens is 1. The van der Waals surface area contributed by atoms with E-state index in [9.17, 15) is 4.79 Å². The van der Waals surface area contributed by atoms with Crippen LogP contribution < -0.4 is 0 Å². The predicted octanol–water partition coefficient (Wildman–Crippen LogP) is 8.33. The zero-order valence-electron chi connectivity index (χ0n) is 17.1. The Bertz CT molecular complexity index is 466. The van der Waals surface area contributed by atoms with Gasteiger partial charge in [-0.1, -0.05) is 114 Å². The highest BCUT2D eigenvalue weighted by atomic mass is 35.5. The molecule has 0 bridgehead atoms. The van der Waals surface area contributed by atoms with Crippen LogP contribution in [0.3, 0.4) is 0 Å². The quantitative estimate of drug-likeness (QED) is 0.208. The van der Waals surface area contributed by atoms with E-state index in [-0.39, 0.29) is 5.78 Å². The molecular weight excluding hydrogens is 340 g/mol. The van der Waals surface area contributed by atoms with Crippen LogP contribution >= 0.6 is 11.6 Å². The van der Waals surface area contributed by atoms with Crippen molar-refractivity contribution in [1.82, 2.24) is 0 Å². The Labute approximate surface area is 166 Å². The van der Waals surface area contributed by atoms with Crippen molar-refractivity contribution in [2.45, 2.75) is 109 Å². The number of aryl methyl sites for hydroxylation is 1. The number of hydrogen-bond donors (Lipinski definition) is 0. The van der Waals surface area contributed by atoms with Crippen molar-refractivity contribution >= 4 is 17.4 Å². The average Bonchev–Trinajstić information content (AvgIpc) is 2.65. The molecule has 0 radical (unpaired) electrons. The third kappa shape index (κ3) is 11.0. The lowest BCUT2D eigenvalue weighted by Crippen LogP contribution is -2.06. The first kappa shape index (κ1) is 23.2. The van der Waals surface area contributed by atoms with Gasteiger partial charge in [-0.2, -0.15) is 0 Å². The van der Waals surface area contributed by atoms with Crippen LogP contribution in [0.1, 0.15) is 113 Å². The van der Waals surface area contributed by atoms with E-state index in [1.165, 1.54) is 76.2 Å². The molecule has 0 heterocycles. The summed E-state index contributed by atoms with van der Waals surface area (Å²) in [6.07, 6.45) is 17.8. The van der Waals surface area contributed by atoms with Gasteiger partial charge in [0.05, 0.1) is 0 Å². The Morgan fingerprint density at radius 1 is 0.769 bits per heavy atom. The highest BCUT2D eigenvalue weighted by Gasteiger charge is 2.16. The minimum Gasteiger partial charge on any atom is -0.298 e. The van der Waals surface area contributed by atoms with Crippen LogP contribution in [0.5, 0.6) is 0 Å². The van der Waals surface area contributed by atoms with Crippen molar-refractivity contribution in [2.24, 2.45) is 0 Å². The van der Waals surface area contributed by atoms with Gasteiger partial charge < -0.3 is 0 Å². The maximum atomic E-state index is 12.2. The highest BCUT2D eigenvalue weighted by Crippen LogP contribution is 2.24. The monoisotopic (exact) mass is 378 g/mol. The highest BCUT2D eigenvalue weighted by molar-refractivity contribution is 6.31. The van der Waals surface area contributed by atoms with Crippen LogP contribution in [0.2, 0.25) is 0 Å². The molecule has 148 valence electrons. The zero-order valence-corrected chi connectivity index (χ0v) is 17.8. The molecular formula is C24H39ClO. The smallest absolute Gasteiger partial charge is 0.155 e. The Morgan fingerprint density at radius 3 is 1.65 bits per heavy atom. The minimum absolute atomic E-state index is 0.165. The molecule has 0 saturated heterocycles. The lowest BCUT2D eigenvalue weighted by atomic mass is 10.0. The molecule has 0 aliphatic carbocycles. The van der Waals surface area contributed by atoms with Gasteiger partial charge in [-0.3, -0.25) is 4.79 Å². The Morgan fingerprint density at radius 2 is 1.19 bits per heavy atom. The molecule has 0 aromatic heterocycles. The van der Waals surface area contributed by atoms with Crippen LogP contribution in [-0.4, -0.2) is 5.78 Å². The summed E-state index contributed by atoms with van der Waals surface area (Å²) in [5, 5.41) is -0.479. The van der Waals surface area contributed by atoms with E-state index in [4.69, 9.17) is 11.6 Å². The third-order valence-corrected chi connectivity index (χ3v) is 5.67. The van der Waals surface area contributed by atoms with E-state index >= 15 is 0 Å². The van der Waals surface area contributed by atoms with Crippen molar-refractivity contribution in [2.75, 3.05) is 0 Å². The molecule has 0 aliphatic heterocycles. The first-order chi connectivity index (χ1) is 12.6. The second-order valence-electron chi connectivity index (χ2n) is 7.73. The predicted molar refractivity (Wildman–Crippen MR) is 115 cm³/mol. The molecule has 2 heteroatoms. The molecule has 1 unspecified atom stereocenters. The van der Waals surface area contributed by atoms with Gasteiger partial charge in [0.25, 0.3) is 0 Å². The first-order valence-electron chi connectivity index (χ1n) is 10.9. The van der Waals surface area contributed by atoms with E-state index in [0.29, 0.717) is 6.42 Å². The van der Waals surface area contributed by atoms with Gasteiger partial charge in [-0.05, 0) is 18.9 Å². The molecule has 0 N–H and O–H groups in total. The van der Waals surface area contributed by atoms with Crippen molar-refractivity contribution < 1.29 is 4.79 Å². The average molecular weight is 379 g/mol. The summed E-state index contributed by atoms with van der Waals surface area (Å²) in [5.74, 6) is 0.165. The fraction of sp³-hybridized carbons (Fsp3) is 0.708. The summed E-state index contributed by atoms with van der Waals surface area (Å²) in [7, 11) is 0. The normalized spacial score (nSPS) is 12.3. The number of benzene rings is 1. The lowest BCUT2D eigenvalue weighted by molar-refractivity contribution is -0.118. The van der Waals surface area contributed by atoms with E-state index in [1.807, 2.05) is 31.2 Å². The van der Waals surface area contributed by atoms with Crippen molar-refractivity contribution in [3.8, 4) is 0 Å². The molecule has 1 rings (SSSR count). The number of ketones is 1. The molecule has 1 nitrogen and oxygen atoms in total. The summed E-state index contributed by atoms with van der Waals surface area (Å²) >= 11 is 6.31. The summed E-state index contributed by atoms with van der Waals surface area (Å²) in [6, 6.07) is 7.97. The van der Waals surface area contributed by atoms with Crippen LogP contribution in [0, 0.1) is 6.92 Å². The molecule has 0 spiro atoms. The Kier molecular flexibility index (Phi) is 13.6. The molecule has 0 saturated carbocycles. The van der Waals surface area contributed by atoms with Crippen LogP contribution in [0.15, 0.2) is 24.3 Å². The SMILES string of the molecule is CCCCCCCCCCCCCCCC(=O)C(Cl)c1ccc(C)cc1. The van der Waals surface area contributed by atoms with Gasteiger partial charge in [0.15, 0.2) is 5.78 Å². The lowest BCUT2D eigenvalue weighted by Gasteiger charge is -2.09. The summed E-state index contributed by atoms with van der Waals surface area (Å²) in [5.41, 5.74) is 2.12. The van der Waals surface area contributed by atoms with E-state index < -0.39 is 5.38 Å². The minimum atomic E-state index is -0.479. The molecule has 0 amide bonds. The number of carbonyl (C=O) groups is 1. The van der Waals surface area contributed by atoms with E-state index in [2.05, 4.69) is 6.92 Å². The van der Waals surface area contributed by atoms with Gasteiger partial charge in [-0.25, -0.2) is 0 Å².